The Hall–Kier alpha value is -1.00. The first-order chi connectivity index (χ1) is 7.97. The molecule has 1 aliphatic rings. The lowest BCUT2D eigenvalue weighted by molar-refractivity contribution is -0.141. The van der Waals surface area contributed by atoms with E-state index in [9.17, 15) is 13.2 Å². The van der Waals surface area contributed by atoms with Crippen LogP contribution in [0.1, 0.15) is 50.8 Å². The first-order valence-electron chi connectivity index (χ1n) is 6.07. The Labute approximate surface area is 98.8 Å². The zero-order valence-electron chi connectivity index (χ0n) is 9.87. The highest BCUT2D eigenvalue weighted by atomic mass is 19.4. The van der Waals surface area contributed by atoms with E-state index < -0.39 is 11.9 Å². The van der Waals surface area contributed by atoms with Gasteiger partial charge in [0, 0.05) is 12.2 Å². The normalized spacial score (nSPS) is 19.8. The number of imidazole rings is 1. The Kier molecular flexibility index (Phi) is 3.45. The second kappa shape index (κ2) is 4.70. The Morgan fingerprint density at radius 3 is 2.59 bits per heavy atom. The van der Waals surface area contributed by atoms with Gasteiger partial charge >= 0.3 is 6.18 Å². The molecule has 1 atom stereocenters. The molecule has 96 valence electrons. The molecule has 17 heavy (non-hydrogen) atoms. The van der Waals surface area contributed by atoms with Gasteiger partial charge in [0.15, 0.2) is 5.69 Å². The van der Waals surface area contributed by atoms with Crippen molar-refractivity contribution in [3.63, 3.8) is 0 Å². The lowest BCUT2D eigenvalue weighted by atomic mass is 9.99. The molecule has 5 heteroatoms. The van der Waals surface area contributed by atoms with Crippen molar-refractivity contribution in [3.05, 3.63) is 18.2 Å². The first-order valence-corrected chi connectivity index (χ1v) is 6.07. The van der Waals surface area contributed by atoms with Crippen LogP contribution in [0, 0.1) is 5.92 Å². The van der Waals surface area contributed by atoms with E-state index in [2.05, 4.69) is 4.98 Å². The second-order valence-electron chi connectivity index (χ2n) is 4.94. The molecule has 2 nitrogen and oxygen atoms in total. The van der Waals surface area contributed by atoms with Crippen LogP contribution < -0.4 is 0 Å². The smallest absolute Gasteiger partial charge is 0.334 e. The van der Waals surface area contributed by atoms with Gasteiger partial charge in [0.05, 0.1) is 6.33 Å². The number of halogens is 3. The Balaban J connectivity index is 1.99. The molecule has 0 bridgehead atoms. The molecule has 0 aliphatic heterocycles. The topological polar surface area (TPSA) is 17.8 Å². The van der Waals surface area contributed by atoms with Gasteiger partial charge in [-0.15, -0.1) is 0 Å². The summed E-state index contributed by atoms with van der Waals surface area (Å²) in [6.07, 6.45) is 3.97. The average molecular weight is 246 g/mol. The Bertz CT molecular complexity index is 364. The molecular weight excluding hydrogens is 229 g/mol. The van der Waals surface area contributed by atoms with Crippen molar-refractivity contribution >= 4 is 0 Å². The van der Waals surface area contributed by atoms with Crippen LogP contribution in [0.5, 0.6) is 0 Å². The summed E-state index contributed by atoms with van der Waals surface area (Å²) in [5.74, 6) is 0.668. The molecule has 0 spiro atoms. The molecule has 1 heterocycles. The van der Waals surface area contributed by atoms with Gasteiger partial charge in [0.25, 0.3) is 0 Å². The van der Waals surface area contributed by atoms with Crippen molar-refractivity contribution in [2.45, 2.75) is 51.2 Å². The van der Waals surface area contributed by atoms with E-state index in [1.165, 1.54) is 32.0 Å². The largest absolute Gasteiger partial charge is 0.434 e. The van der Waals surface area contributed by atoms with E-state index >= 15 is 0 Å². The van der Waals surface area contributed by atoms with E-state index in [0.29, 0.717) is 5.92 Å². The molecule has 1 aromatic heterocycles. The minimum absolute atomic E-state index is 0.0988. The monoisotopic (exact) mass is 246 g/mol. The van der Waals surface area contributed by atoms with Gasteiger partial charge in [-0.25, -0.2) is 4.98 Å². The number of hydrogen-bond acceptors (Lipinski definition) is 1. The summed E-state index contributed by atoms with van der Waals surface area (Å²) in [5, 5.41) is 0. The van der Waals surface area contributed by atoms with Crippen molar-refractivity contribution in [1.29, 1.82) is 0 Å². The van der Waals surface area contributed by atoms with Gasteiger partial charge in [0.1, 0.15) is 0 Å². The highest BCUT2D eigenvalue weighted by Crippen LogP contribution is 2.33. The molecular formula is C12H17F3N2. The number of hydrogen-bond donors (Lipinski definition) is 0. The SMILES string of the molecule is C[C@H](CC1CCCC1)n1cnc(C(F)(F)F)c1. The predicted molar refractivity (Wildman–Crippen MR) is 58.5 cm³/mol. The third-order valence-corrected chi connectivity index (χ3v) is 3.55. The summed E-state index contributed by atoms with van der Waals surface area (Å²) in [4.78, 5) is 3.42. The number of alkyl halides is 3. The number of nitrogens with zero attached hydrogens (tertiary/aromatic N) is 2. The zero-order chi connectivity index (χ0) is 12.5. The maximum Gasteiger partial charge on any atom is 0.434 e. The highest BCUT2D eigenvalue weighted by molar-refractivity contribution is 5.02. The first kappa shape index (κ1) is 12.5. The minimum atomic E-state index is -4.33. The fourth-order valence-electron chi connectivity index (χ4n) is 2.57. The van der Waals surface area contributed by atoms with Gasteiger partial charge in [-0.3, -0.25) is 0 Å². The van der Waals surface area contributed by atoms with Crippen molar-refractivity contribution < 1.29 is 13.2 Å². The van der Waals surface area contributed by atoms with E-state index in [-0.39, 0.29) is 6.04 Å². The van der Waals surface area contributed by atoms with Crippen LogP contribution in [0.15, 0.2) is 12.5 Å². The van der Waals surface area contributed by atoms with Gasteiger partial charge < -0.3 is 4.57 Å². The van der Waals surface area contributed by atoms with E-state index in [1.54, 1.807) is 4.57 Å². The standard InChI is InChI=1S/C12H17F3N2/c1-9(6-10-4-2-3-5-10)17-7-11(16-8-17)12(13,14)15/h7-10H,2-6H2,1H3/t9-/m1/s1. The van der Waals surface area contributed by atoms with Crippen LogP contribution in [0.4, 0.5) is 13.2 Å². The molecule has 0 unspecified atom stereocenters. The molecule has 2 rings (SSSR count). The summed E-state index contributed by atoms with van der Waals surface area (Å²) in [6.45, 7) is 1.96. The lowest BCUT2D eigenvalue weighted by Crippen LogP contribution is -2.09. The van der Waals surface area contributed by atoms with Crippen LogP contribution in [0.2, 0.25) is 0 Å². The van der Waals surface area contributed by atoms with Crippen LogP contribution in [-0.2, 0) is 6.18 Å². The van der Waals surface area contributed by atoms with Gasteiger partial charge in [-0.05, 0) is 19.3 Å². The maximum atomic E-state index is 12.4. The van der Waals surface area contributed by atoms with Crippen molar-refractivity contribution in [3.8, 4) is 0 Å². The van der Waals surface area contributed by atoms with Crippen LogP contribution in [0.3, 0.4) is 0 Å². The Morgan fingerprint density at radius 1 is 1.41 bits per heavy atom. The highest BCUT2D eigenvalue weighted by Gasteiger charge is 2.33. The molecule has 0 aromatic carbocycles. The minimum Gasteiger partial charge on any atom is -0.334 e. The number of rotatable bonds is 3. The van der Waals surface area contributed by atoms with Gasteiger partial charge in [-0.1, -0.05) is 25.7 Å². The summed E-state index contributed by atoms with van der Waals surface area (Å²) in [7, 11) is 0. The van der Waals surface area contributed by atoms with Crippen molar-refractivity contribution in [2.75, 3.05) is 0 Å². The van der Waals surface area contributed by atoms with E-state index in [4.69, 9.17) is 0 Å². The second-order valence-corrected chi connectivity index (χ2v) is 4.94. The summed E-state index contributed by atoms with van der Waals surface area (Å²) in [5.41, 5.74) is -0.796. The molecule has 1 aromatic rings. The molecule has 0 radical (unpaired) electrons. The third kappa shape index (κ3) is 3.01. The molecule has 1 saturated carbocycles. The van der Waals surface area contributed by atoms with Crippen molar-refractivity contribution in [2.24, 2.45) is 5.92 Å². The summed E-state index contributed by atoms with van der Waals surface area (Å²) < 4.78 is 38.8. The molecule has 1 aliphatic carbocycles. The lowest BCUT2D eigenvalue weighted by Gasteiger charge is -2.17. The molecule has 0 N–H and O–H groups in total. The average Bonchev–Trinajstić information content (AvgIpc) is 2.85. The van der Waals surface area contributed by atoms with E-state index in [0.717, 1.165) is 12.6 Å². The third-order valence-electron chi connectivity index (χ3n) is 3.55. The van der Waals surface area contributed by atoms with Crippen LogP contribution in [0.25, 0.3) is 0 Å². The summed E-state index contributed by atoms with van der Waals surface area (Å²) in [6, 6.07) is 0.0988. The molecule has 0 amide bonds. The predicted octanol–water partition coefficient (Wildman–Crippen LogP) is 4.04. The van der Waals surface area contributed by atoms with Crippen molar-refractivity contribution in [1.82, 2.24) is 9.55 Å². The van der Waals surface area contributed by atoms with Crippen LogP contribution in [-0.4, -0.2) is 9.55 Å². The van der Waals surface area contributed by atoms with E-state index in [1.807, 2.05) is 6.92 Å². The zero-order valence-corrected chi connectivity index (χ0v) is 9.87. The quantitative estimate of drug-likeness (QED) is 0.787. The van der Waals surface area contributed by atoms with Gasteiger partial charge in [-0.2, -0.15) is 13.2 Å². The fraction of sp³-hybridized carbons (Fsp3) is 0.750. The number of aromatic nitrogens is 2. The van der Waals surface area contributed by atoms with Crippen LogP contribution >= 0.6 is 0 Å². The Morgan fingerprint density at radius 2 is 2.06 bits per heavy atom. The molecule has 0 saturated heterocycles. The van der Waals surface area contributed by atoms with Gasteiger partial charge in [0.2, 0.25) is 0 Å². The maximum absolute atomic E-state index is 12.4. The molecule has 1 fully saturated rings. The fourth-order valence-corrected chi connectivity index (χ4v) is 2.57. The summed E-state index contributed by atoms with van der Waals surface area (Å²) >= 11 is 0.